The van der Waals surface area contributed by atoms with Crippen LogP contribution in [0.2, 0.25) is 0 Å². The molecule has 2 fully saturated rings. The maximum atomic E-state index is 12.3. The van der Waals surface area contributed by atoms with E-state index in [0.29, 0.717) is 38.4 Å². The lowest BCUT2D eigenvalue weighted by Gasteiger charge is -2.37. The van der Waals surface area contributed by atoms with Crippen LogP contribution in [0.25, 0.3) is 0 Å². The maximum absolute atomic E-state index is 12.3. The van der Waals surface area contributed by atoms with Gasteiger partial charge >= 0.3 is 0 Å². The van der Waals surface area contributed by atoms with Crippen LogP contribution in [0.5, 0.6) is 0 Å². The normalized spacial score (nSPS) is 19.6. The van der Waals surface area contributed by atoms with Crippen LogP contribution in [0.15, 0.2) is 0 Å². The van der Waals surface area contributed by atoms with Crippen molar-refractivity contribution in [1.82, 2.24) is 9.80 Å². The zero-order valence-electron chi connectivity index (χ0n) is 19.0. The molecule has 0 aromatic rings. The average Bonchev–Trinajstić information content (AvgIpc) is 2.73. The summed E-state index contributed by atoms with van der Waals surface area (Å²) in [5.74, 6) is 0.199. The first kappa shape index (κ1) is 25.3. The van der Waals surface area contributed by atoms with Crippen molar-refractivity contribution < 1.29 is 19.0 Å². The molecule has 0 aromatic heterocycles. The standard InChI is InChI=1S/C20H38N2O4.C2H6/c1-4-21-10-5-18(6-11-21)26-19-7-12-22(13-8-19)20(23)9-14-24-15-16-25-17(2)3;1-2/h17-19H,4-16H2,1-3H3;1-2H3. The van der Waals surface area contributed by atoms with Gasteiger partial charge in [-0.3, -0.25) is 4.79 Å². The fraction of sp³-hybridized carbons (Fsp3) is 0.955. The Labute approximate surface area is 172 Å². The van der Waals surface area contributed by atoms with Crippen LogP contribution in [-0.4, -0.2) is 86.6 Å². The van der Waals surface area contributed by atoms with Crippen LogP contribution in [-0.2, 0) is 19.0 Å². The van der Waals surface area contributed by atoms with E-state index in [1.54, 1.807) is 0 Å². The van der Waals surface area contributed by atoms with Gasteiger partial charge in [0.25, 0.3) is 0 Å². The molecule has 2 saturated heterocycles. The van der Waals surface area contributed by atoms with Crippen molar-refractivity contribution in [2.24, 2.45) is 0 Å². The van der Waals surface area contributed by atoms with E-state index in [9.17, 15) is 4.79 Å². The summed E-state index contributed by atoms with van der Waals surface area (Å²) < 4.78 is 17.2. The van der Waals surface area contributed by atoms with Gasteiger partial charge in [0.05, 0.1) is 44.6 Å². The van der Waals surface area contributed by atoms with Gasteiger partial charge in [-0.1, -0.05) is 20.8 Å². The summed E-state index contributed by atoms with van der Waals surface area (Å²) in [6.45, 7) is 16.9. The third kappa shape index (κ3) is 10.2. The molecule has 1 amide bonds. The van der Waals surface area contributed by atoms with E-state index in [0.717, 1.165) is 58.4 Å². The summed E-state index contributed by atoms with van der Waals surface area (Å²) in [6, 6.07) is 0. The molecule has 2 aliphatic heterocycles. The molecule has 2 heterocycles. The molecular weight excluding hydrogens is 356 g/mol. The third-order valence-corrected chi connectivity index (χ3v) is 5.30. The van der Waals surface area contributed by atoms with Crippen LogP contribution < -0.4 is 0 Å². The smallest absolute Gasteiger partial charge is 0.224 e. The first-order valence-electron chi connectivity index (χ1n) is 11.4. The van der Waals surface area contributed by atoms with E-state index in [1.807, 2.05) is 32.6 Å². The van der Waals surface area contributed by atoms with Crippen molar-refractivity contribution in [2.75, 3.05) is 52.5 Å². The van der Waals surface area contributed by atoms with Crippen LogP contribution in [0, 0.1) is 0 Å². The second kappa shape index (κ2) is 15.2. The van der Waals surface area contributed by atoms with E-state index in [4.69, 9.17) is 14.2 Å². The van der Waals surface area contributed by atoms with Gasteiger partial charge in [-0.05, 0) is 46.1 Å². The summed E-state index contributed by atoms with van der Waals surface area (Å²) in [5.41, 5.74) is 0. The maximum Gasteiger partial charge on any atom is 0.224 e. The van der Waals surface area contributed by atoms with E-state index in [-0.39, 0.29) is 12.0 Å². The zero-order chi connectivity index (χ0) is 20.8. The minimum Gasteiger partial charge on any atom is -0.379 e. The van der Waals surface area contributed by atoms with Crippen LogP contribution in [0.3, 0.4) is 0 Å². The Kier molecular flexibility index (Phi) is 13.8. The molecule has 0 spiro atoms. The monoisotopic (exact) mass is 400 g/mol. The summed E-state index contributed by atoms with van der Waals surface area (Å²) in [6.07, 6.45) is 5.63. The minimum atomic E-state index is 0.199. The number of piperidine rings is 2. The summed E-state index contributed by atoms with van der Waals surface area (Å²) in [4.78, 5) is 16.7. The highest BCUT2D eigenvalue weighted by Crippen LogP contribution is 2.21. The fourth-order valence-corrected chi connectivity index (χ4v) is 3.64. The fourth-order valence-electron chi connectivity index (χ4n) is 3.64. The Morgan fingerprint density at radius 3 is 2.04 bits per heavy atom. The number of nitrogens with zero attached hydrogens (tertiary/aromatic N) is 2. The van der Waals surface area contributed by atoms with E-state index in [1.165, 1.54) is 0 Å². The number of hydrogen-bond donors (Lipinski definition) is 0. The highest BCUT2D eigenvalue weighted by atomic mass is 16.5. The Hall–Kier alpha value is -0.690. The molecule has 0 N–H and O–H groups in total. The average molecular weight is 401 g/mol. The molecule has 0 atom stereocenters. The number of likely N-dealkylation sites (tertiary alicyclic amines) is 2. The number of rotatable bonds is 10. The molecule has 2 rings (SSSR count). The molecule has 0 bridgehead atoms. The van der Waals surface area contributed by atoms with Gasteiger partial charge in [-0.2, -0.15) is 0 Å². The van der Waals surface area contributed by atoms with Gasteiger partial charge in [-0.15, -0.1) is 0 Å². The highest BCUT2D eigenvalue weighted by molar-refractivity contribution is 5.76. The highest BCUT2D eigenvalue weighted by Gasteiger charge is 2.27. The number of carbonyl (C=O) groups excluding carboxylic acids is 1. The zero-order valence-corrected chi connectivity index (χ0v) is 19.0. The number of ether oxygens (including phenoxy) is 3. The van der Waals surface area contributed by atoms with E-state index >= 15 is 0 Å². The van der Waals surface area contributed by atoms with Gasteiger partial charge in [0.1, 0.15) is 0 Å². The lowest BCUT2D eigenvalue weighted by molar-refractivity contribution is -0.136. The summed E-state index contributed by atoms with van der Waals surface area (Å²) in [5, 5.41) is 0. The van der Waals surface area contributed by atoms with Crippen molar-refractivity contribution >= 4 is 5.91 Å². The van der Waals surface area contributed by atoms with Gasteiger partial charge in [-0.25, -0.2) is 0 Å². The molecular formula is C22H44N2O4. The Bertz CT molecular complexity index is 390. The molecule has 6 heteroatoms. The van der Waals surface area contributed by atoms with Gasteiger partial charge < -0.3 is 24.0 Å². The first-order chi connectivity index (χ1) is 13.6. The topological polar surface area (TPSA) is 51.2 Å². The second-order valence-electron chi connectivity index (χ2n) is 7.63. The van der Waals surface area contributed by atoms with E-state index in [2.05, 4.69) is 11.8 Å². The molecule has 0 unspecified atom stereocenters. The van der Waals surface area contributed by atoms with E-state index < -0.39 is 0 Å². The van der Waals surface area contributed by atoms with Crippen LogP contribution in [0.4, 0.5) is 0 Å². The molecule has 166 valence electrons. The minimum absolute atomic E-state index is 0.199. The Morgan fingerprint density at radius 1 is 0.929 bits per heavy atom. The summed E-state index contributed by atoms with van der Waals surface area (Å²) >= 11 is 0. The molecule has 6 nitrogen and oxygen atoms in total. The molecule has 0 aromatic carbocycles. The Balaban J connectivity index is 0.00000190. The lowest BCUT2D eigenvalue weighted by Crippen LogP contribution is -2.44. The van der Waals surface area contributed by atoms with Gasteiger partial charge in [0, 0.05) is 26.2 Å². The largest absolute Gasteiger partial charge is 0.379 e. The van der Waals surface area contributed by atoms with Crippen LogP contribution >= 0.6 is 0 Å². The lowest BCUT2D eigenvalue weighted by atomic mass is 10.0. The summed E-state index contributed by atoms with van der Waals surface area (Å²) in [7, 11) is 0. The van der Waals surface area contributed by atoms with Crippen molar-refractivity contribution in [3.8, 4) is 0 Å². The molecule has 0 saturated carbocycles. The van der Waals surface area contributed by atoms with Crippen molar-refractivity contribution in [1.29, 1.82) is 0 Å². The first-order valence-corrected chi connectivity index (χ1v) is 11.4. The van der Waals surface area contributed by atoms with Crippen molar-refractivity contribution in [2.45, 2.75) is 85.0 Å². The molecule has 0 aliphatic carbocycles. The van der Waals surface area contributed by atoms with Gasteiger partial charge in [0.15, 0.2) is 0 Å². The van der Waals surface area contributed by atoms with Crippen molar-refractivity contribution in [3.05, 3.63) is 0 Å². The second-order valence-corrected chi connectivity index (χ2v) is 7.63. The SMILES string of the molecule is CC.CCN1CCC(OC2CCN(C(=O)CCOCCOC(C)C)CC2)CC1. The molecule has 28 heavy (non-hydrogen) atoms. The number of amides is 1. The predicted molar refractivity (Wildman–Crippen MR) is 114 cm³/mol. The predicted octanol–water partition coefficient (Wildman–Crippen LogP) is 3.34. The van der Waals surface area contributed by atoms with Crippen molar-refractivity contribution in [3.63, 3.8) is 0 Å². The van der Waals surface area contributed by atoms with Gasteiger partial charge in [0.2, 0.25) is 5.91 Å². The molecule has 2 aliphatic rings. The number of carbonyl (C=O) groups is 1. The molecule has 0 radical (unpaired) electrons. The third-order valence-electron chi connectivity index (χ3n) is 5.30. The quantitative estimate of drug-likeness (QED) is 0.527. The number of hydrogen-bond acceptors (Lipinski definition) is 5. The Morgan fingerprint density at radius 2 is 1.50 bits per heavy atom. The van der Waals surface area contributed by atoms with Crippen LogP contribution in [0.1, 0.15) is 66.7 Å².